The zero-order valence-electron chi connectivity index (χ0n) is 20.6. The van der Waals surface area contributed by atoms with Crippen molar-refractivity contribution in [2.45, 2.75) is 63.4 Å². The van der Waals surface area contributed by atoms with E-state index in [9.17, 15) is 22.4 Å². The van der Waals surface area contributed by atoms with E-state index in [0.29, 0.717) is 11.4 Å². The van der Waals surface area contributed by atoms with Crippen LogP contribution >= 0.6 is 23.2 Å². The number of rotatable bonds is 12. The number of methoxy groups -OCH3 is 1. The molecule has 0 aliphatic heterocycles. The normalized spacial score (nSPS) is 13.2. The second kappa shape index (κ2) is 13.3. The molecule has 36 heavy (non-hydrogen) atoms. The van der Waals surface area contributed by atoms with E-state index < -0.39 is 33.9 Å². The monoisotopic (exact) mass is 560 g/mol. The second-order valence-corrected chi connectivity index (χ2v) is 11.6. The van der Waals surface area contributed by atoms with Crippen molar-refractivity contribution >= 4 is 50.8 Å². The van der Waals surface area contributed by atoms with Gasteiger partial charge in [0.05, 0.1) is 17.7 Å². The molecule has 1 unspecified atom stereocenters. The lowest BCUT2D eigenvalue weighted by Crippen LogP contribution is -2.42. The van der Waals surface area contributed by atoms with Gasteiger partial charge in [-0.1, -0.05) is 37.0 Å². The van der Waals surface area contributed by atoms with Gasteiger partial charge in [0.15, 0.2) is 0 Å². The number of ether oxygens (including phenoxy) is 1. The minimum Gasteiger partial charge on any atom is -0.467 e. The summed E-state index contributed by atoms with van der Waals surface area (Å²) in [6.45, 7) is 5.48. The molecule has 2 aromatic carbocycles. The van der Waals surface area contributed by atoms with Crippen molar-refractivity contribution < 1.29 is 27.1 Å². The van der Waals surface area contributed by atoms with Crippen molar-refractivity contribution in [2.24, 2.45) is 5.92 Å². The number of esters is 1. The summed E-state index contributed by atoms with van der Waals surface area (Å²) in [4.78, 5) is 24.4. The van der Waals surface area contributed by atoms with Crippen LogP contribution in [0.1, 0.15) is 46.5 Å². The number of halogens is 3. The average molecular weight is 562 g/mol. The van der Waals surface area contributed by atoms with E-state index in [4.69, 9.17) is 27.9 Å². The Morgan fingerprint density at radius 3 is 2.25 bits per heavy atom. The van der Waals surface area contributed by atoms with E-state index in [1.165, 1.54) is 43.5 Å². The van der Waals surface area contributed by atoms with Crippen LogP contribution in [0.15, 0.2) is 47.4 Å². The Bertz CT molecular complexity index is 1160. The van der Waals surface area contributed by atoms with Crippen LogP contribution in [-0.2, 0) is 24.3 Å². The van der Waals surface area contributed by atoms with Gasteiger partial charge in [-0.2, -0.15) is 0 Å². The number of nitrogens with zero attached hydrogens (tertiary/aromatic N) is 1. The smallest absolute Gasteiger partial charge is 0.328 e. The lowest BCUT2D eigenvalue weighted by molar-refractivity contribution is -0.145. The number of anilines is 1. The number of hydrogen-bond acceptors (Lipinski definition) is 5. The predicted molar refractivity (Wildman–Crippen MR) is 139 cm³/mol. The molecule has 2 aromatic rings. The summed E-state index contributed by atoms with van der Waals surface area (Å²) < 4.78 is 47.6. The van der Waals surface area contributed by atoms with Gasteiger partial charge in [-0.15, -0.1) is 0 Å². The number of carbonyl (C=O) groups excluding carboxylic acids is 2. The summed E-state index contributed by atoms with van der Waals surface area (Å²) in [7, 11) is -2.93. The van der Waals surface area contributed by atoms with Gasteiger partial charge in [0, 0.05) is 22.5 Å². The summed E-state index contributed by atoms with van der Waals surface area (Å²) in [5.74, 6) is -1.48. The van der Waals surface area contributed by atoms with Crippen molar-refractivity contribution in [3.63, 3.8) is 0 Å². The number of nitrogens with one attached hydrogen (secondary N) is 1. The molecule has 198 valence electrons. The molecule has 0 saturated carbocycles. The molecule has 0 aliphatic rings. The SMILES string of the molecule is COC(=O)[C@H](CC(C)C)NC(=O)CCCC(C)N(c1cc(Cl)ccc1F)S(=O)(=O)c1ccc(Cl)cc1. The third kappa shape index (κ3) is 8.08. The van der Waals surface area contributed by atoms with Crippen molar-refractivity contribution in [1.29, 1.82) is 0 Å². The fourth-order valence-corrected chi connectivity index (χ4v) is 5.73. The van der Waals surface area contributed by atoms with Gasteiger partial charge in [-0.25, -0.2) is 17.6 Å². The molecule has 1 N–H and O–H groups in total. The summed E-state index contributed by atoms with van der Waals surface area (Å²) in [5, 5.41) is 3.21. The number of amides is 1. The Morgan fingerprint density at radius 1 is 1.06 bits per heavy atom. The van der Waals surface area contributed by atoms with Gasteiger partial charge < -0.3 is 10.1 Å². The van der Waals surface area contributed by atoms with Crippen molar-refractivity contribution in [3.05, 3.63) is 58.3 Å². The van der Waals surface area contributed by atoms with Gasteiger partial charge in [0.1, 0.15) is 11.9 Å². The summed E-state index contributed by atoms with van der Waals surface area (Å²) in [6, 6.07) is 7.75. The summed E-state index contributed by atoms with van der Waals surface area (Å²) in [6.07, 6.45) is 0.995. The van der Waals surface area contributed by atoms with Crippen LogP contribution in [0.3, 0.4) is 0 Å². The lowest BCUT2D eigenvalue weighted by Gasteiger charge is -2.31. The topological polar surface area (TPSA) is 92.8 Å². The highest BCUT2D eigenvalue weighted by molar-refractivity contribution is 7.92. The first kappa shape index (κ1) is 29.9. The Hall–Kier alpha value is -2.36. The van der Waals surface area contributed by atoms with Crippen LogP contribution in [0.25, 0.3) is 0 Å². The standard InChI is InChI=1S/C25H31Cl2FN2O5S/c1-16(2)14-22(25(32)35-4)29-24(31)7-5-6-17(3)30(23-15-19(27)10-13-21(23)28)36(33,34)20-11-8-18(26)9-12-20/h8-13,15-17,22H,5-7,14H2,1-4H3,(H,29,31)/t17?,22-/m0/s1. The van der Waals surface area contributed by atoms with Gasteiger partial charge in [-0.05, 0) is 74.6 Å². The number of benzene rings is 2. The maximum Gasteiger partial charge on any atom is 0.328 e. The molecule has 7 nitrogen and oxygen atoms in total. The van der Waals surface area contributed by atoms with Crippen LogP contribution < -0.4 is 9.62 Å². The van der Waals surface area contributed by atoms with Gasteiger partial charge in [0.25, 0.3) is 10.0 Å². The maximum absolute atomic E-state index is 14.8. The largest absolute Gasteiger partial charge is 0.467 e. The second-order valence-electron chi connectivity index (χ2n) is 8.86. The Kier molecular flexibility index (Phi) is 11.0. The fourth-order valence-electron chi connectivity index (χ4n) is 3.75. The van der Waals surface area contributed by atoms with E-state index in [-0.39, 0.29) is 46.7 Å². The molecule has 0 fully saturated rings. The molecule has 11 heteroatoms. The molecular weight excluding hydrogens is 530 g/mol. The third-order valence-electron chi connectivity index (χ3n) is 5.47. The van der Waals surface area contributed by atoms with Crippen molar-refractivity contribution in [3.8, 4) is 0 Å². The van der Waals surface area contributed by atoms with Crippen LogP contribution in [0.2, 0.25) is 10.0 Å². The highest BCUT2D eigenvalue weighted by atomic mass is 35.5. The Labute approximate surface area is 222 Å². The first-order valence-electron chi connectivity index (χ1n) is 11.5. The maximum atomic E-state index is 14.8. The van der Waals surface area contributed by atoms with E-state index in [1.807, 2.05) is 13.8 Å². The van der Waals surface area contributed by atoms with E-state index in [0.717, 1.165) is 10.4 Å². The highest BCUT2D eigenvalue weighted by Crippen LogP contribution is 2.32. The zero-order chi connectivity index (χ0) is 27.0. The van der Waals surface area contributed by atoms with E-state index >= 15 is 0 Å². The quantitative estimate of drug-likeness (QED) is 0.341. The van der Waals surface area contributed by atoms with Crippen LogP contribution in [-0.4, -0.2) is 39.5 Å². The molecule has 0 radical (unpaired) electrons. The number of carbonyl (C=O) groups is 2. The molecule has 0 spiro atoms. The molecule has 0 heterocycles. The first-order chi connectivity index (χ1) is 16.9. The average Bonchev–Trinajstić information content (AvgIpc) is 2.80. The van der Waals surface area contributed by atoms with Crippen LogP contribution in [0, 0.1) is 11.7 Å². The Morgan fingerprint density at radius 2 is 1.67 bits per heavy atom. The molecule has 0 bridgehead atoms. The van der Waals surface area contributed by atoms with Gasteiger partial charge >= 0.3 is 5.97 Å². The predicted octanol–water partition coefficient (Wildman–Crippen LogP) is 5.59. The van der Waals surface area contributed by atoms with E-state index in [2.05, 4.69) is 5.32 Å². The minimum absolute atomic E-state index is 0.0444. The minimum atomic E-state index is -4.19. The molecule has 2 rings (SSSR count). The van der Waals surface area contributed by atoms with Gasteiger partial charge in [0.2, 0.25) is 5.91 Å². The molecule has 0 aromatic heterocycles. The number of hydrogen-bond donors (Lipinski definition) is 1. The number of sulfonamides is 1. The summed E-state index contributed by atoms with van der Waals surface area (Å²) in [5.41, 5.74) is -0.197. The van der Waals surface area contributed by atoms with E-state index in [1.54, 1.807) is 6.92 Å². The summed E-state index contributed by atoms with van der Waals surface area (Å²) >= 11 is 12.0. The Balaban J connectivity index is 2.22. The molecule has 1 amide bonds. The molecule has 0 saturated heterocycles. The van der Waals surface area contributed by atoms with Crippen molar-refractivity contribution in [1.82, 2.24) is 5.32 Å². The first-order valence-corrected chi connectivity index (χ1v) is 13.7. The zero-order valence-corrected chi connectivity index (χ0v) is 23.0. The fraction of sp³-hybridized carbons (Fsp3) is 0.440. The van der Waals surface area contributed by atoms with Crippen LogP contribution in [0.5, 0.6) is 0 Å². The lowest BCUT2D eigenvalue weighted by atomic mass is 10.0. The highest BCUT2D eigenvalue weighted by Gasteiger charge is 2.32. The molecule has 0 aliphatic carbocycles. The third-order valence-corrected chi connectivity index (χ3v) is 7.90. The molecule has 2 atom stereocenters. The van der Waals surface area contributed by atoms with Crippen molar-refractivity contribution in [2.75, 3.05) is 11.4 Å². The van der Waals surface area contributed by atoms with Gasteiger partial charge in [-0.3, -0.25) is 9.10 Å². The molecular formula is C25H31Cl2FN2O5S. The van der Waals surface area contributed by atoms with Crippen LogP contribution in [0.4, 0.5) is 10.1 Å².